The van der Waals surface area contributed by atoms with Gasteiger partial charge in [-0.3, -0.25) is 4.79 Å². The first-order valence-corrected chi connectivity index (χ1v) is 5.69. The third kappa shape index (κ3) is 3.51. The Hall–Kier alpha value is -2.93. The summed E-state index contributed by atoms with van der Waals surface area (Å²) in [5, 5.41) is 11.6. The molecule has 0 atom stereocenters. The minimum atomic E-state index is -0.286. The zero-order chi connectivity index (χ0) is 13.5. The van der Waals surface area contributed by atoms with Crippen LogP contribution in [0, 0.1) is 11.3 Å². The van der Waals surface area contributed by atoms with E-state index in [2.05, 4.69) is 16.4 Å². The number of hydrogen-bond acceptors (Lipinski definition) is 3. The normalized spacial score (nSPS) is 10.1. The van der Waals surface area contributed by atoms with Crippen molar-refractivity contribution in [1.82, 2.24) is 4.98 Å². The molecule has 0 unspecified atom stereocenters. The molecular formula is C15H11N3O. The predicted molar refractivity (Wildman–Crippen MR) is 73.1 cm³/mol. The Bertz CT molecular complexity index is 642. The Balaban J connectivity index is 2.07. The zero-order valence-corrected chi connectivity index (χ0v) is 10.1. The summed E-state index contributed by atoms with van der Waals surface area (Å²) in [6.45, 7) is 0. The van der Waals surface area contributed by atoms with E-state index in [9.17, 15) is 4.79 Å². The van der Waals surface area contributed by atoms with E-state index in [4.69, 9.17) is 5.26 Å². The third-order valence-electron chi connectivity index (χ3n) is 2.41. The van der Waals surface area contributed by atoms with Crippen LogP contribution in [0.5, 0.6) is 0 Å². The van der Waals surface area contributed by atoms with Gasteiger partial charge in [-0.25, -0.2) is 4.98 Å². The molecule has 0 fully saturated rings. The first kappa shape index (κ1) is 12.5. The number of nitriles is 1. The summed E-state index contributed by atoms with van der Waals surface area (Å²) >= 11 is 0. The summed E-state index contributed by atoms with van der Waals surface area (Å²) in [4.78, 5) is 15.7. The minimum absolute atomic E-state index is 0.286. The van der Waals surface area contributed by atoms with Crippen molar-refractivity contribution in [2.75, 3.05) is 5.32 Å². The van der Waals surface area contributed by atoms with Crippen molar-refractivity contribution >= 4 is 17.8 Å². The van der Waals surface area contributed by atoms with Crippen LogP contribution in [0.4, 0.5) is 5.82 Å². The van der Waals surface area contributed by atoms with Crippen molar-refractivity contribution in [3.8, 4) is 6.07 Å². The number of hydrogen-bond donors (Lipinski definition) is 1. The predicted octanol–water partition coefficient (Wildman–Crippen LogP) is 2.61. The molecule has 4 heteroatoms. The summed E-state index contributed by atoms with van der Waals surface area (Å²) in [5.74, 6) is 0.206. The molecule has 0 saturated heterocycles. The fourth-order valence-electron chi connectivity index (χ4n) is 1.51. The minimum Gasteiger partial charge on any atom is -0.307 e. The molecule has 1 amide bonds. The molecule has 92 valence electrons. The van der Waals surface area contributed by atoms with Crippen LogP contribution in [0.1, 0.15) is 11.1 Å². The largest absolute Gasteiger partial charge is 0.307 e. The lowest BCUT2D eigenvalue weighted by atomic mass is 10.1. The SMILES string of the molecule is N#Cc1ccccc1C=CC(=O)Nc1ccccn1. The quantitative estimate of drug-likeness (QED) is 0.850. The van der Waals surface area contributed by atoms with Crippen molar-refractivity contribution in [2.24, 2.45) is 0 Å². The molecule has 1 aromatic carbocycles. The lowest BCUT2D eigenvalue weighted by Gasteiger charge is -2.00. The number of anilines is 1. The Morgan fingerprint density at radius 2 is 2.00 bits per heavy atom. The van der Waals surface area contributed by atoms with Crippen LogP contribution in [-0.4, -0.2) is 10.9 Å². The number of nitrogens with zero attached hydrogens (tertiary/aromatic N) is 2. The summed E-state index contributed by atoms with van der Waals surface area (Å²) in [6, 6.07) is 14.4. The number of carbonyl (C=O) groups is 1. The number of nitrogens with one attached hydrogen (secondary N) is 1. The molecule has 0 aliphatic carbocycles. The Morgan fingerprint density at radius 1 is 1.21 bits per heavy atom. The maximum Gasteiger partial charge on any atom is 0.249 e. The molecule has 0 radical (unpaired) electrons. The Kier molecular flexibility index (Phi) is 4.04. The molecule has 1 heterocycles. The van der Waals surface area contributed by atoms with Gasteiger partial charge in [0.15, 0.2) is 0 Å². The molecule has 0 spiro atoms. The topological polar surface area (TPSA) is 65.8 Å². The lowest BCUT2D eigenvalue weighted by molar-refractivity contribution is -0.111. The molecular weight excluding hydrogens is 238 g/mol. The molecule has 0 aliphatic heterocycles. The van der Waals surface area contributed by atoms with Gasteiger partial charge in [0.25, 0.3) is 0 Å². The average molecular weight is 249 g/mol. The van der Waals surface area contributed by atoms with E-state index in [1.165, 1.54) is 6.08 Å². The van der Waals surface area contributed by atoms with Crippen molar-refractivity contribution in [3.05, 3.63) is 65.9 Å². The maximum absolute atomic E-state index is 11.7. The summed E-state index contributed by atoms with van der Waals surface area (Å²) < 4.78 is 0. The fraction of sp³-hybridized carbons (Fsp3) is 0. The van der Waals surface area contributed by atoms with Crippen LogP contribution in [0.3, 0.4) is 0 Å². The van der Waals surface area contributed by atoms with Gasteiger partial charge in [0.2, 0.25) is 5.91 Å². The van der Waals surface area contributed by atoms with E-state index in [0.29, 0.717) is 16.9 Å². The molecule has 0 saturated carbocycles. The number of carbonyl (C=O) groups excluding carboxylic acids is 1. The highest BCUT2D eigenvalue weighted by Gasteiger charge is 1.99. The van der Waals surface area contributed by atoms with Gasteiger partial charge in [0.05, 0.1) is 11.6 Å². The van der Waals surface area contributed by atoms with Gasteiger partial charge in [0.1, 0.15) is 5.82 Å². The van der Waals surface area contributed by atoms with E-state index in [1.54, 1.807) is 48.7 Å². The van der Waals surface area contributed by atoms with Crippen LogP contribution in [0.15, 0.2) is 54.7 Å². The van der Waals surface area contributed by atoms with Gasteiger partial charge in [-0.15, -0.1) is 0 Å². The van der Waals surface area contributed by atoms with Crippen molar-refractivity contribution in [2.45, 2.75) is 0 Å². The number of aromatic nitrogens is 1. The zero-order valence-electron chi connectivity index (χ0n) is 10.1. The Labute approximate surface area is 111 Å². The Morgan fingerprint density at radius 3 is 2.74 bits per heavy atom. The van der Waals surface area contributed by atoms with Crippen LogP contribution >= 0.6 is 0 Å². The molecule has 1 N–H and O–H groups in total. The third-order valence-corrected chi connectivity index (χ3v) is 2.41. The van der Waals surface area contributed by atoms with Gasteiger partial charge in [-0.2, -0.15) is 5.26 Å². The van der Waals surface area contributed by atoms with Crippen molar-refractivity contribution < 1.29 is 4.79 Å². The average Bonchev–Trinajstić information content (AvgIpc) is 2.46. The van der Waals surface area contributed by atoms with Gasteiger partial charge < -0.3 is 5.32 Å². The first-order valence-electron chi connectivity index (χ1n) is 5.69. The second-order valence-electron chi connectivity index (χ2n) is 3.74. The summed E-state index contributed by atoms with van der Waals surface area (Å²) in [5.41, 5.74) is 1.24. The van der Waals surface area contributed by atoms with E-state index in [1.807, 2.05) is 6.07 Å². The maximum atomic E-state index is 11.7. The molecule has 2 rings (SSSR count). The standard InChI is InChI=1S/C15H11N3O/c16-11-13-6-2-1-5-12(13)8-9-15(19)18-14-7-3-4-10-17-14/h1-10H,(H,17,18,19). The second kappa shape index (κ2) is 6.12. The van der Waals surface area contributed by atoms with Crippen LogP contribution in [-0.2, 0) is 4.79 Å². The van der Waals surface area contributed by atoms with Crippen LogP contribution in [0.25, 0.3) is 6.08 Å². The molecule has 0 aliphatic rings. The van der Waals surface area contributed by atoms with Crippen molar-refractivity contribution in [1.29, 1.82) is 5.26 Å². The van der Waals surface area contributed by atoms with E-state index in [-0.39, 0.29) is 5.91 Å². The van der Waals surface area contributed by atoms with E-state index >= 15 is 0 Å². The molecule has 1 aromatic heterocycles. The van der Waals surface area contributed by atoms with Crippen LogP contribution < -0.4 is 5.32 Å². The number of rotatable bonds is 3. The van der Waals surface area contributed by atoms with E-state index in [0.717, 1.165) is 0 Å². The van der Waals surface area contributed by atoms with Crippen molar-refractivity contribution in [3.63, 3.8) is 0 Å². The summed E-state index contributed by atoms with van der Waals surface area (Å²) in [6.07, 6.45) is 4.59. The summed E-state index contributed by atoms with van der Waals surface area (Å²) in [7, 11) is 0. The number of pyridine rings is 1. The highest BCUT2D eigenvalue weighted by molar-refractivity contribution is 6.01. The smallest absolute Gasteiger partial charge is 0.249 e. The number of amides is 1. The fourth-order valence-corrected chi connectivity index (χ4v) is 1.51. The monoisotopic (exact) mass is 249 g/mol. The highest BCUT2D eigenvalue weighted by Crippen LogP contribution is 2.09. The van der Waals surface area contributed by atoms with Gasteiger partial charge in [-0.05, 0) is 29.8 Å². The first-order chi connectivity index (χ1) is 9.29. The van der Waals surface area contributed by atoms with Gasteiger partial charge >= 0.3 is 0 Å². The second-order valence-corrected chi connectivity index (χ2v) is 3.74. The molecule has 0 bridgehead atoms. The van der Waals surface area contributed by atoms with E-state index < -0.39 is 0 Å². The molecule has 4 nitrogen and oxygen atoms in total. The van der Waals surface area contributed by atoms with Gasteiger partial charge in [0, 0.05) is 12.3 Å². The lowest BCUT2D eigenvalue weighted by Crippen LogP contribution is -2.08. The number of benzene rings is 1. The molecule has 19 heavy (non-hydrogen) atoms. The molecule has 2 aromatic rings. The van der Waals surface area contributed by atoms with Crippen LogP contribution in [0.2, 0.25) is 0 Å². The highest BCUT2D eigenvalue weighted by atomic mass is 16.1. The van der Waals surface area contributed by atoms with Gasteiger partial charge in [-0.1, -0.05) is 24.3 Å².